The van der Waals surface area contributed by atoms with Crippen LogP contribution in [0.2, 0.25) is 0 Å². The second-order valence-corrected chi connectivity index (χ2v) is 6.68. The van der Waals surface area contributed by atoms with Gasteiger partial charge in [0.2, 0.25) is 0 Å². The van der Waals surface area contributed by atoms with Crippen molar-refractivity contribution in [1.82, 2.24) is 5.16 Å². The van der Waals surface area contributed by atoms with Gasteiger partial charge in [-0.15, -0.1) is 0 Å². The van der Waals surface area contributed by atoms with Crippen molar-refractivity contribution in [3.8, 4) is 0 Å². The molecule has 0 atom stereocenters. The first kappa shape index (κ1) is 10.6. The number of aromatic nitrogens is 1. The summed E-state index contributed by atoms with van der Waals surface area (Å²) in [5, 5.41) is 3.87. The van der Waals surface area contributed by atoms with Crippen molar-refractivity contribution >= 4 is 9.84 Å². The van der Waals surface area contributed by atoms with Gasteiger partial charge in [-0.25, -0.2) is 8.42 Å². The van der Waals surface area contributed by atoms with Crippen LogP contribution in [0.1, 0.15) is 30.9 Å². The lowest BCUT2D eigenvalue weighted by Crippen LogP contribution is -2.31. The molecule has 84 valence electrons. The quantitative estimate of drug-likeness (QED) is 0.751. The largest absolute Gasteiger partial charge is 0.359 e. The predicted molar refractivity (Wildman–Crippen MR) is 54.9 cm³/mol. The van der Waals surface area contributed by atoms with Crippen molar-refractivity contribution < 1.29 is 12.9 Å². The summed E-state index contributed by atoms with van der Waals surface area (Å²) < 4.78 is 28.1. The molecule has 2 heterocycles. The molecule has 0 fully saturated rings. The SMILES string of the molecule is CC(C)(N)c1onc2c1CS(=O)(=O)CC2. The van der Waals surface area contributed by atoms with Gasteiger partial charge in [-0.05, 0) is 13.8 Å². The summed E-state index contributed by atoms with van der Waals surface area (Å²) in [4.78, 5) is 0. The highest BCUT2D eigenvalue weighted by molar-refractivity contribution is 7.90. The third-order valence-electron chi connectivity index (χ3n) is 2.47. The summed E-state index contributed by atoms with van der Waals surface area (Å²) >= 11 is 0. The van der Waals surface area contributed by atoms with Gasteiger partial charge in [0.25, 0.3) is 0 Å². The second kappa shape index (κ2) is 3.05. The maximum absolute atomic E-state index is 11.5. The fourth-order valence-corrected chi connectivity index (χ4v) is 3.12. The molecule has 0 unspecified atom stereocenters. The van der Waals surface area contributed by atoms with Crippen LogP contribution in [0.25, 0.3) is 0 Å². The average Bonchev–Trinajstić information content (AvgIpc) is 2.43. The van der Waals surface area contributed by atoms with E-state index in [0.717, 1.165) is 5.69 Å². The Balaban J connectivity index is 2.52. The zero-order chi connectivity index (χ0) is 11.3. The van der Waals surface area contributed by atoms with Crippen LogP contribution >= 0.6 is 0 Å². The summed E-state index contributed by atoms with van der Waals surface area (Å²) in [6.07, 6.45) is 0.428. The summed E-state index contributed by atoms with van der Waals surface area (Å²) in [5.74, 6) is 0.638. The normalized spacial score (nSPS) is 19.9. The zero-order valence-corrected chi connectivity index (χ0v) is 9.60. The molecule has 5 nitrogen and oxygen atoms in total. The van der Waals surface area contributed by atoms with Gasteiger partial charge >= 0.3 is 0 Å². The Morgan fingerprint density at radius 1 is 1.47 bits per heavy atom. The molecule has 0 saturated heterocycles. The molecule has 0 aliphatic carbocycles. The lowest BCUT2D eigenvalue weighted by Gasteiger charge is -2.18. The van der Waals surface area contributed by atoms with Gasteiger partial charge in [0.15, 0.2) is 15.6 Å². The number of hydrogen-bond acceptors (Lipinski definition) is 5. The van der Waals surface area contributed by atoms with Gasteiger partial charge < -0.3 is 10.3 Å². The second-order valence-electron chi connectivity index (χ2n) is 4.50. The molecule has 0 radical (unpaired) electrons. The zero-order valence-electron chi connectivity index (χ0n) is 8.78. The molecular formula is C9H14N2O3S. The van der Waals surface area contributed by atoms with E-state index in [1.54, 1.807) is 13.8 Å². The molecule has 0 amide bonds. The minimum atomic E-state index is -3.00. The van der Waals surface area contributed by atoms with E-state index in [0.29, 0.717) is 17.7 Å². The third-order valence-corrected chi connectivity index (χ3v) is 4.02. The van der Waals surface area contributed by atoms with E-state index in [4.69, 9.17) is 10.3 Å². The Bertz CT molecular complexity index is 482. The van der Waals surface area contributed by atoms with Crippen molar-refractivity contribution in [1.29, 1.82) is 0 Å². The van der Waals surface area contributed by atoms with Crippen LogP contribution in [0, 0.1) is 0 Å². The lowest BCUT2D eigenvalue weighted by molar-refractivity contribution is 0.317. The minimum absolute atomic E-state index is 0.00178. The predicted octanol–water partition coefficient (Wildman–Crippen LogP) is 0.339. The number of aryl methyl sites for hydroxylation is 1. The van der Waals surface area contributed by atoms with E-state index in [1.807, 2.05) is 0 Å². The standard InChI is InChI=1S/C9H14N2O3S/c1-9(2,10)8-6-5-15(12,13)4-3-7(6)11-14-8/h3-5,10H2,1-2H3. The van der Waals surface area contributed by atoms with Gasteiger partial charge in [0.05, 0.1) is 22.7 Å². The van der Waals surface area contributed by atoms with Crippen molar-refractivity contribution in [3.05, 3.63) is 17.0 Å². The number of fused-ring (bicyclic) bond motifs is 1. The summed E-state index contributed by atoms with van der Waals surface area (Å²) in [5.41, 5.74) is 6.59. The van der Waals surface area contributed by atoms with Crippen LogP contribution in [0.4, 0.5) is 0 Å². The first-order valence-electron chi connectivity index (χ1n) is 4.77. The molecule has 1 aliphatic heterocycles. The van der Waals surface area contributed by atoms with Crippen LogP contribution < -0.4 is 5.73 Å². The van der Waals surface area contributed by atoms with Gasteiger partial charge in [-0.1, -0.05) is 5.16 Å². The highest BCUT2D eigenvalue weighted by Gasteiger charge is 2.33. The number of hydrogen-bond donors (Lipinski definition) is 1. The highest BCUT2D eigenvalue weighted by Crippen LogP contribution is 2.29. The molecule has 1 aromatic heterocycles. The van der Waals surface area contributed by atoms with Crippen LogP contribution in [0.3, 0.4) is 0 Å². The molecule has 1 aliphatic rings. The van der Waals surface area contributed by atoms with Crippen LogP contribution in [0.15, 0.2) is 4.52 Å². The van der Waals surface area contributed by atoms with E-state index >= 15 is 0 Å². The molecule has 0 saturated carbocycles. The molecule has 0 aromatic carbocycles. The third kappa shape index (κ3) is 1.91. The van der Waals surface area contributed by atoms with Crippen molar-refractivity contribution in [2.24, 2.45) is 5.73 Å². The van der Waals surface area contributed by atoms with Crippen molar-refractivity contribution in [2.45, 2.75) is 31.6 Å². The summed E-state index contributed by atoms with van der Waals surface area (Å²) in [6, 6.07) is 0. The van der Waals surface area contributed by atoms with E-state index in [9.17, 15) is 8.42 Å². The Kier molecular flexibility index (Phi) is 2.16. The van der Waals surface area contributed by atoms with E-state index < -0.39 is 15.4 Å². The van der Waals surface area contributed by atoms with Gasteiger partial charge in [-0.3, -0.25) is 0 Å². The van der Waals surface area contributed by atoms with Gasteiger partial charge in [0.1, 0.15) is 0 Å². The van der Waals surface area contributed by atoms with Gasteiger partial charge in [0, 0.05) is 12.0 Å². The molecular weight excluding hydrogens is 216 g/mol. The smallest absolute Gasteiger partial charge is 0.160 e. The lowest BCUT2D eigenvalue weighted by atomic mass is 9.98. The topological polar surface area (TPSA) is 86.2 Å². The fourth-order valence-electron chi connectivity index (χ4n) is 1.74. The summed E-state index contributed by atoms with van der Waals surface area (Å²) in [7, 11) is -3.00. The molecule has 2 N–H and O–H groups in total. The Labute approximate surface area is 88.5 Å². The Morgan fingerprint density at radius 2 is 2.13 bits per heavy atom. The maximum Gasteiger partial charge on any atom is 0.160 e. The average molecular weight is 230 g/mol. The molecule has 0 bridgehead atoms. The van der Waals surface area contributed by atoms with Gasteiger partial charge in [-0.2, -0.15) is 0 Å². The van der Waals surface area contributed by atoms with E-state index in [2.05, 4.69) is 5.16 Å². The maximum atomic E-state index is 11.5. The number of nitrogens with two attached hydrogens (primary N) is 1. The molecule has 2 rings (SSSR count). The summed E-state index contributed by atoms with van der Waals surface area (Å²) in [6.45, 7) is 3.55. The monoisotopic (exact) mass is 230 g/mol. The molecule has 0 spiro atoms. The van der Waals surface area contributed by atoms with Crippen LogP contribution in [-0.4, -0.2) is 19.3 Å². The highest BCUT2D eigenvalue weighted by atomic mass is 32.2. The first-order chi connectivity index (χ1) is 6.80. The number of nitrogens with zero attached hydrogens (tertiary/aromatic N) is 1. The first-order valence-corrected chi connectivity index (χ1v) is 6.59. The minimum Gasteiger partial charge on any atom is -0.359 e. The molecule has 1 aromatic rings. The molecule has 15 heavy (non-hydrogen) atoms. The fraction of sp³-hybridized carbons (Fsp3) is 0.667. The molecule has 6 heteroatoms. The van der Waals surface area contributed by atoms with Crippen molar-refractivity contribution in [3.63, 3.8) is 0 Å². The Morgan fingerprint density at radius 3 is 2.73 bits per heavy atom. The van der Waals surface area contributed by atoms with Crippen LogP contribution in [-0.2, 0) is 27.5 Å². The van der Waals surface area contributed by atoms with E-state index in [1.165, 1.54) is 0 Å². The van der Waals surface area contributed by atoms with Crippen LogP contribution in [0.5, 0.6) is 0 Å². The Hall–Kier alpha value is -0.880. The van der Waals surface area contributed by atoms with Crippen molar-refractivity contribution in [2.75, 3.05) is 5.75 Å². The number of rotatable bonds is 1. The van der Waals surface area contributed by atoms with E-state index in [-0.39, 0.29) is 11.5 Å². The number of sulfone groups is 1.